The topological polar surface area (TPSA) is 59.9 Å². The van der Waals surface area contributed by atoms with Crippen LogP contribution in [0.5, 0.6) is 5.88 Å². The first-order valence-corrected chi connectivity index (χ1v) is 7.72. The van der Waals surface area contributed by atoms with Gasteiger partial charge in [-0.2, -0.15) is 0 Å². The summed E-state index contributed by atoms with van der Waals surface area (Å²) < 4.78 is 5.03. The average Bonchev–Trinajstić information content (AvgIpc) is 3.25. The molecule has 0 atom stereocenters. The van der Waals surface area contributed by atoms with E-state index >= 15 is 0 Å². The van der Waals surface area contributed by atoms with Gasteiger partial charge in [0.25, 0.3) is 0 Å². The smallest absolute Gasteiger partial charge is 0.233 e. The van der Waals surface area contributed by atoms with Gasteiger partial charge in [0.05, 0.1) is 12.8 Å². The number of methoxy groups -OCH3 is 1. The third kappa shape index (κ3) is 2.81. The Morgan fingerprint density at radius 2 is 2.20 bits per heavy atom. The van der Waals surface area contributed by atoms with E-state index in [-0.39, 0.29) is 0 Å². The zero-order valence-corrected chi connectivity index (χ0v) is 12.5. The van der Waals surface area contributed by atoms with Crippen LogP contribution in [0.25, 0.3) is 10.7 Å². The summed E-state index contributed by atoms with van der Waals surface area (Å²) >= 11 is 1.72. The Bertz CT molecular complexity index is 577. The predicted molar refractivity (Wildman–Crippen MR) is 79.0 cm³/mol. The SMILES string of the molecule is CCNCc1sc(-c2ccc(OC)nn2)nc1C1CC1. The van der Waals surface area contributed by atoms with Crippen LogP contribution in [-0.4, -0.2) is 28.8 Å². The van der Waals surface area contributed by atoms with E-state index in [0.29, 0.717) is 11.8 Å². The molecule has 0 radical (unpaired) electrons. The first kappa shape index (κ1) is 13.5. The minimum atomic E-state index is 0.528. The number of ether oxygens (including phenoxy) is 1. The van der Waals surface area contributed by atoms with Crippen molar-refractivity contribution in [1.29, 1.82) is 0 Å². The van der Waals surface area contributed by atoms with Crippen molar-refractivity contribution >= 4 is 11.3 Å². The summed E-state index contributed by atoms with van der Waals surface area (Å²) in [7, 11) is 1.59. The van der Waals surface area contributed by atoms with Crippen LogP contribution in [0.3, 0.4) is 0 Å². The molecule has 6 heteroatoms. The lowest BCUT2D eigenvalue weighted by Gasteiger charge is -2.00. The molecule has 0 aliphatic heterocycles. The quantitative estimate of drug-likeness (QED) is 0.886. The van der Waals surface area contributed by atoms with Gasteiger partial charge >= 0.3 is 0 Å². The van der Waals surface area contributed by atoms with Crippen LogP contribution < -0.4 is 10.1 Å². The molecule has 0 amide bonds. The summed E-state index contributed by atoms with van der Waals surface area (Å²) in [6.45, 7) is 3.98. The highest BCUT2D eigenvalue weighted by molar-refractivity contribution is 7.15. The molecule has 20 heavy (non-hydrogen) atoms. The van der Waals surface area contributed by atoms with E-state index in [1.54, 1.807) is 18.4 Å². The van der Waals surface area contributed by atoms with Crippen LogP contribution in [0.4, 0.5) is 0 Å². The fourth-order valence-corrected chi connectivity index (χ4v) is 3.14. The molecule has 2 aromatic heterocycles. The van der Waals surface area contributed by atoms with Gasteiger partial charge in [0, 0.05) is 23.4 Å². The molecule has 0 bridgehead atoms. The highest BCUT2D eigenvalue weighted by Gasteiger charge is 2.29. The maximum atomic E-state index is 5.03. The van der Waals surface area contributed by atoms with Crippen LogP contribution in [0.15, 0.2) is 12.1 Å². The van der Waals surface area contributed by atoms with Crippen molar-refractivity contribution in [3.63, 3.8) is 0 Å². The van der Waals surface area contributed by atoms with E-state index in [1.807, 2.05) is 12.1 Å². The minimum absolute atomic E-state index is 0.528. The van der Waals surface area contributed by atoms with Crippen molar-refractivity contribution < 1.29 is 4.74 Å². The first-order chi connectivity index (χ1) is 9.81. The van der Waals surface area contributed by atoms with Crippen molar-refractivity contribution in [2.75, 3.05) is 13.7 Å². The van der Waals surface area contributed by atoms with Crippen LogP contribution in [0.2, 0.25) is 0 Å². The summed E-state index contributed by atoms with van der Waals surface area (Å²) in [5.74, 6) is 1.18. The van der Waals surface area contributed by atoms with Gasteiger partial charge in [-0.15, -0.1) is 21.5 Å². The Hall–Kier alpha value is -1.53. The van der Waals surface area contributed by atoms with Gasteiger partial charge in [-0.3, -0.25) is 0 Å². The second-order valence-electron chi connectivity index (χ2n) is 4.84. The number of nitrogens with one attached hydrogen (secondary N) is 1. The van der Waals surface area contributed by atoms with Gasteiger partial charge in [-0.05, 0) is 25.5 Å². The number of thiazole rings is 1. The molecule has 1 N–H and O–H groups in total. The largest absolute Gasteiger partial charge is 0.480 e. The highest BCUT2D eigenvalue weighted by atomic mass is 32.1. The molecule has 0 aromatic carbocycles. The van der Waals surface area contributed by atoms with Crippen LogP contribution in [0, 0.1) is 0 Å². The lowest BCUT2D eigenvalue weighted by atomic mass is 10.2. The molecule has 106 valence electrons. The lowest BCUT2D eigenvalue weighted by Crippen LogP contribution is -2.11. The van der Waals surface area contributed by atoms with Crippen molar-refractivity contribution in [2.24, 2.45) is 0 Å². The molecular formula is C14H18N4OS. The van der Waals surface area contributed by atoms with Crippen LogP contribution in [-0.2, 0) is 6.54 Å². The second-order valence-corrected chi connectivity index (χ2v) is 5.93. The number of hydrogen-bond donors (Lipinski definition) is 1. The fourth-order valence-electron chi connectivity index (χ4n) is 2.06. The van der Waals surface area contributed by atoms with Gasteiger partial charge in [-0.1, -0.05) is 6.92 Å². The van der Waals surface area contributed by atoms with E-state index in [0.717, 1.165) is 23.8 Å². The summed E-state index contributed by atoms with van der Waals surface area (Å²) in [6, 6.07) is 3.74. The highest BCUT2D eigenvalue weighted by Crippen LogP contribution is 2.44. The molecule has 1 aliphatic carbocycles. The summed E-state index contributed by atoms with van der Waals surface area (Å²) in [4.78, 5) is 6.12. The third-order valence-electron chi connectivity index (χ3n) is 3.30. The molecule has 0 spiro atoms. The number of rotatable bonds is 6. The maximum Gasteiger partial charge on any atom is 0.233 e. The standard InChI is InChI=1S/C14H18N4OS/c1-3-15-8-11-13(9-4-5-9)16-14(20-11)10-6-7-12(19-2)18-17-10/h6-7,9,15H,3-5,8H2,1-2H3. The third-order valence-corrected chi connectivity index (χ3v) is 4.39. The average molecular weight is 290 g/mol. The number of hydrogen-bond acceptors (Lipinski definition) is 6. The van der Waals surface area contributed by atoms with Crippen LogP contribution >= 0.6 is 11.3 Å². The molecule has 0 saturated heterocycles. The Kier molecular flexibility index (Phi) is 3.93. The zero-order valence-electron chi connectivity index (χ0n) is 11.7. The van der Waals surface area contributed by atoms with E-state index in [9.17, 15) is 0 Å². The first-order valence-electron chi connectivity index (χ1n) is 6.90. The van der Waals surface area contributed by atoms with Crippen molar-refractivity contribution in [1.82, 2.24) is 20.5 Å². The monoisotopic (exact) mass is 290 g/mol. The molecule has 2 heterocycles. The minimum Gasteiger partial charge on any atom is -0.480 e. The van der Waals surface area contributed by atoms with E-state index in [4.69, 9.17) is 9.72 Å². The second kappa shape index (κ2) is 5.85. The van der Waals surface area contributed by atoms with Gasteiger partial charge in [0.2, 0.25) is 5.88 Å². The number of nitrogens with zero attached hydrogens (tertiary/aromatic N) is 3. The van der Waals surface area contributed by atoms with Crippen LogP contribution in [0.1, 0.15) is 36.3 Å². The zero-order chi connectivity index (χ0) is 13.9. The molecule has 1 fully saturated rings. The van der Waals surface area contributed by atoms with Gasteiger partial charge < -0.3 is 10.1 Å². The Labute approximate surface area is 122 Å². The lowest BCUT2D eigenvalue weighted by molar-refractivity contribution is 0.392. The molecule has 1 saturated carbocycles. The van der Waals surface area contributed by atoms with Crippen molar-refractivity contribution in [2.45, 2.75) is 32.2 Å². The Morgan fingerprint density at radius 3 is 2.80 bits per heavy atom. The summed E-state index contributed by atoms with van der Waals surface area (Å²) in [6.07, 6.45) is 2.52. The fraction of sp³-hybridized carbons (Fsp3) is 0.500. The Morgan fingerprint density at radius 1 is 1.35 bits per heavy atom. The van der Waals surface area contributed by atoms with Crippen molar-refractivity contribution in [3.05, 3.63) is 22.7 Å². The molecule has 5 nitrogen and oxygen atoms in total. The van der Waals surface area contributed by atoms with E-state index in [2.05, 4.69) is 22.4 Å². The van der Waals surface area contributed by atoms with Gasteiger partial charge in [-0.25, -0.2) is 4.98 Å². The van der Waals surface area contributed by atoms with Gasteiger partial charge in [0.1, 0.15) is 10.7 Å². The molecule has 1 aliphatic rings. The van der Waals surface area contributed by atoms with Gasteiger partial charge in [0.15, 0.2) is 0 Å². The maximum absolute atomic E-state index is 5.03. The molecule has 3 rings (SSSR count). The summed E-state index contributed by atoms with van der Waals surface area (Å²) in [5.41, 5.74) is 2.07. The molecule has 2 aromatic rings. The Balaban J connectivity index is 1.88. The number of aromatic nitrogens is 3. The van der Waals surface area contributed by atoms with E-state index < -0.39 is 0 Å². The normalized spacial score (nSPS) is 14.5. The summed E-state index contributed by atoms with van der Waals surface area (Å²) in [5, 5.41) is 12.5. The van der Waals surface area contributed by atoms with Crippen molar-refractivity contribution in [3.8, 4) is 16.6 Å². The van der Waals surface area contributed by atoms with E-state index in [1.165, 1.54) is 23.4 Å². The molecule has 0 unspecified atom stereocenters. The predicted octanol–water partition coefficient (Wildman–Crippen LogP) is 2.60. The molecular weight excluding hydrogens is 272 g/mol.